The molecular formula is C10H6Cl2N4O2. The highest BCUT2D eigenvalue weighted by atomic mass is 35.5. The third kappa shape index (κ3) is 2.49. The van der Waals surface area contributed by atoms with Crippen LogP contribution in [0.25, 0.3) is 0 Å². The number of rotatable bonds is 2. The Labute approximate surface area is 111 Å². The van der Waals surface area contributed by atoms with E-state index in [1.807, 2.05) is 0 Å². The number of H-pyrrole nitrogens is 1. The number of aromatic amines is 1. The van der Waals surface area contributed by atoms with Gasteiger partial charge in [-0.3, -0.25) is 9.59 Å². The van der Waals surface area contributed by atoms with Crippen molar-refractivity contribution >= 4 is 34.8 Å². The molecule has 0 radical (unpaired) electrons. The second kappa shape index (κ2) is 5.16. The van der Waals surface area contributed by atoms with Gasteiger partial charge in [-0.05, 0) is 0 Å². The van der Waals surface area contributed by atoms with Crippen LogP contribution in [0.15, 0.2) is 29.6 Å². The first-order chi connectivity index (χ1) is 8.59. The summed E-state index contributed by atoms with van der Waals surface area (Å²) in [7, 11) is 0. The van der Waals surface area contributed by atoms with E-state index in [2.05, 4.69) is 20.3 Å². The summed E-state index contributed by atoms with van der Waals surface area (Å²) in [5.41, 5.74) is -0.419. The quantitative estimate of drug-likeness (QED) is 0.822. The summed E-state index contributed by atoms with van der Waals surface area (Å²) < 4.78 is 0. The standard InChI is InChI=1S/C10H6Cl2N4O2/c11-8-7(9(12)15-4-14-8)16-10(18)5-3-13-2-1-6(5)17/h1-4H,(H,13,17)(H,16,18). The SMILES string of the molecule is O=C(Nc1c(Cl)ncnc1Cl)c1c[nH]ccc1=O. The second-order valence-electron chi connectivity index (χ2n) is 3.21. The van der Waals surface area contributed by atoms with Gasteiger partial charge in [0.1, 0.15) is 17.6 Å². The number of carbonyl (C=O) groups is 1. The number of hydrogen-bond acceptors (Lipinski definition) is 4. The van der Waals surface area contributed by atoms with E-state index in [1.54, 1.807) is 0 Å². The number of nitrogens with one attached hydrogen (secondary N) is 2. The largest absolute Gasteiger partial charge is 0.367 e. The molecule has 0 saturated carbocycles. The first-order valence-electron chi connectivity index (χ1n) is 4.74. The van der Waals surface area contributed by atoms with Gasteiger partial charge in [0.15, 0.2) is 15.7 Å². The fourth-order valence-corrected chi connectivity index (χ4v) is 1.63. The minimum atomic E-state index is -0.643. The molecule has 8 heteroatoms. The summed E-state index contributed by atoms with van der Waals surface area (Å²) >= 11 is 11.5. The molecule has 6 nitrogen and oxygen atoms in total. The number of nitrogens with zero attached hydrogens (tertiary/aromatic N) is 2. The smallest absolute Gasteiger partial charge is 0.261 e. The fraction of sp³-hybridized carbons (Fsp3) is 0. The van der Waals surface area contributed by atoms with Crippen LogP contribution in [0.2, 0.25) is 10.3 Å². The van der Waals surface area contributed by atoms with Crippen molar-refractivity contribution in [1.82, 2.24) is 15.0 Å². The van der Waals surface area contributed by atoms with Gasteiger partial charge in [-0.25, -0.2) is 9.97 Å². The Balaban J connectivity index is 2.33. The second-order valence-corrected chi connectivity index (χ2v) is 3.92. The highest BCUT2D eigenvalue weighted by Crippen LogP contribution is 2.25. The highest BCUT2D eigenvalue weighted by Gasteiger charge is 2.15. The van der Waals surface area contributed by atoms with Crippen molar-refractivity contribution in [3.63, 3.8) is 0 Å². The topological polar surface area (TPSA) is 87.7 Å². The lowest BCUT2D eigenvalue weighted by Gasteiger charge is -2.06. The Morgan fingerprint density at radius 2 is 1.94 bits per heavy atom. The van der Waals surface area contributed by atoms with Gasteiger partial charge in [0.25, 0.3) is 5.91 Å². The molecular weight excluding hydrogens is 279 g/mol. The zero-order valence-electron chi connectivity index (χ0n) is 8.78. The molecule has 0 unspecified atom stereocenters. The van der Waals surface area contributed by atoms with Crippen LogP contribution in [-0.2, 0) is 0 Å². The van der Waals surface area contributed by atoms with E-state index in [4.69, 9.17) is 23.2 Å². The lowest BCUT2D eigenvalue weighted by atomic mass is 10.2. The Morgan fingerprint density at radius 3 is 2.56 bits per heavy atom. The molecule has 18 heavy (non-hydrogen) atoms. The van der Waals surface area contributed by atoms with Gasteiger partial charge in [0, 0.05) is 18.5 Å². The zero-order chi connectivity index (χ0) is 13.1. The molecule has 2 rings (SSSR count). The van der Waals surface area contributed by atoms with Crippen LogP contribution in [0.4, 0.5) is 5.69 Å². The molecule has 0 aliphatic heterocycles. The van der Waals surface area contributed by atoms with Crippen LogP contribution in [-0.4, -0.2) is 20.9 Å². The molecule has 2 aromatic heterocycles. The third-order valence-electron chi connectivity index (χ3n) is 2.06. The molecule has 0 atom stereocenters. The maximum absolute atomic E-state index is 11.8. The van der Waals surface area contributed by atoms with Gasteiger partial charge in [-0.2, -0.15) is 0 Å². The van der Waals surface area contributed by atoms with Crippen LogP contribution < -0.4 is 10.7 Å². The number of pyridine rings is 1. The van der Waals surface area contributed by atoms with Crippen LogP contribution in [0.5, 0.6) is 0 Å². The van der Waals surface area contributed by atoms with E-state index in [9.17, 15) is 9.59 Å². The van der Waals surface area contributed by atoms with Crippen LogP contribution in [0.1, 0.15) is 10.4 Å². The van der Waals surface area contributed by atoms with Crippen molar-refractivity contribution in [1.29, 1.82) is 0 Å². The molecule has 0 saturated heterocycles. The number of anilines is 1. The van der Waals surface area contributed by atoms with Gasteiger partial charge < -0.3 is 10.3 Å². The van der Waals surface area contributed by atoms with Gasteiger partial charge in [-0.1, -0.05) is 23.2 Å². The molecule has 0 aliphatic carbocycles. The van der Waals surface area contributed by atoms with Crippen molar-refractivity contribution in [2.45, 2.75) is 0 Å². The highest BCUT2D eigenvalue weighted by molar-refractivity contribution is 6.38. The maximum atomic E-state index is 11.8. The first kappa shape index (κ1) is 12.5. The summed E-state index contributed by atoms with van der Waals surface area (Å²) in [6, 6.07) is 1.24. The van der Waals surface area contributed by atoms with E-state index in [0.717, 1.165) is 6.33 Å². The van der Waals surface area contributed by atoms with E-state index in [1.165, 1.54) is 18.5 Å². The molecule has 0 aliphatic rings. The van der Waals surface area contributed by atoms with E-state index in [0.29, 0.717) is 0 Å². The number of amides is 1. The average molecular weight is 285 g/mol. The molecule has 2 aromatic rings. The average Bonchev–Trinajstić information content (AvgIpc) is 2.34. The summed E-state index contributed by atoms with van der Waals surface area (Å²) in [6.07, 6.45) is 3.86. The summed E-state index contributed by atoms with van der Waals surface area (Å²) in [5, 5.41) is 2.38. The zero-order valence-corrected chi connectivity index (χ0v) is 10.3. The molecule has 92 valence electrons. The van der Waals surface area contributed by atoms with E-state index >= 15 is 0 Å². The Kier molecular flexibility index (Phi) is 3.59. The first-order valence-corrected chi connectivity index (χ1v) is 5.49. The van der Waals surface area contributed by atoms with Crippen molar-refractivity contribution in [2.24, 2.45) is 0 Å². The Morgan fingerprint density at radius 1 is 1.28 bits per heavy atom. The lowest BCUT2D eigenvalue weighted by Crippen LogP contribution is -2.21. The predicted molar refractivity (Wildman–Crippen MR) is 67.1 cm³/mol. The van der Waals surface area contributed by atoms with E-state index < -0.39 is 11.3 Å². The van der Waals surface area contributed by atoms with Gasteiger partial charge in [0.05, 0.1) is 0 Å². The van der Waals surface area contributed by atoms with E-state index in [-0.39, 0.29) is 21.6 Å². The maximum Gasteiger partial charge on any atom is 0.261 e. The van der Waals surface area contributed by atoms with Gasteiger partial charge >= 0.3 is 0 Å². The molecule has 2 N–H and O–H groups in total. The molecule has 0 spiro atoms. The van der Waals surface area contributed by atoms with Crippen LogP contribution in [0, 0.1) is 0 Å². The third-order valence-corrected chi connectivity index (χ3v) is 2.64. The van der Waals surface area contributed by atoms with Crippen LogP contribution >= 0.6 is 23.2 Å². The van der Waals surface area contributed by atoms with Crippen molar-refractivity contribution < 1.29 is 4.79 Å². The summed E-state index contributed by atoms with van der Waals surface area (Å²) in [6.45, 7) is 0. The monoisotopic (exact) mass is 284 g/mol. The number of halogens is 2. The Hall–Kier alpha value is -1.92. The number of aromatic nitrogens is 3. The molecule has 0 aromatic carbocycles. The molecule has 1 amide bonds. The Bertz CT molecular complexity index is 636. The van der Waals surface area contributed by atoms with Crippen molar-refractivity contribution in [3.05, 3.63) is 50.9 Å². The molecule has 0 bridgehead atoms. The lowest BCUT2D eigenvalue weighted by molar-refractivity contribution is 0.102. The van der Waals surface area contributed by atoms with Gasteiger partial charge in [0.2, 0.25) is 0 Å². The predicted octanol–water partition coefficient (Wildman–Crippen LogP) is 1.72. The normalized spacial score (nSPS) is 10.1. The summed E-state index contributed by atoms with van der Waals surface area (Å²) in [5.74, 6) is -0.643. The summed E-state index contributed by atoms with van der Waals surface area (Å²) in [4.78, 5) is 33.3. The molecule has 0 fully saturated rings. The number of hydrogen-bond donors (Lipinski definition) is 2. The van der Waals surface area contributed by atoms with Crippen molar-refractivity contribution in [2.75, 3.05) is 5.32 Å². The van der Waals surface area contributed by atoms with Crippen molar-refractivity contribution in [3.8, 4) is 0 Å². The van der Waals surface area contributed by atoms with Gasteiger partial charge in [-0.15, -0.1) is 0 Å². The fourth-order valence-electron chi connectivity index (χ4n) is 1.22. The van der Waals surface area contributed by atoms with Crippen LogP contribution in [0.3, 0.4) is 0 Å². The number of carbonyl (C=O) groups excluding carboxylic acids is 1. The minimum Gasteiger partial charge on any atom is -0.367 e. The molecule has 2 heterocycles. The minimum absolute atomic E-state index is 0.00397.